The number of guanidine groups is 1. The Bertz CT molecular complexity index is 470. The average molecular weight is 300 g/mol. The quantitative estimate of drug-likeness (QED) is 0.642. The molecule has 1 fully saturated rings. The first-order valence-electron chi connectivity index (χ1n) is 6.57. The van der Waals surface area contributed by atoms with E-state index in [-0.39, 0.29) is 6.04 Å². The second kappa shape index (κ2) is 6.49. The number of hydrogen-bond acceptors (Lipinski definition) is 1. The van der Waals surface area contributed by atoms with Crippen molar-refractivity contribution in [2.24, 2.45) is 16.6 Å². The Hall–Kier alpha value is -0.930. The number of nitrogens with two attached hydrogens (primary N) is 1. The van der Waals surface area contributed by atoms with Crippen LogP contribution in [0.25, 0.3) is 0 Å². The molecule has 3 N–H and O–H groups in total. The summed E-state index contributed by atoms with van der Waals surface area (Å²) < 4.78 is 0. The lowest BCUT2D eigenvalue weighted by Gasteiger charge is -2.16. The van der Waals surface area contributed by atoms with Crippen molar-refractivity contribution >= 4 is 29.2 Å². The van der Waals surface area contributed by atoms with E-state index in [1.807, 2.05) is 19.1 Å². The molecule has 19 heavy (non-hydrogen) atoms. The standard InChI is InChI=1S/C14H19Cl2N3/c1-9(12-5-4-11(15)8-13(12)16)19-14(17)18-7-6-10-2-3-10/h4-5,8-10H,2-3,6-7H2,1H3,(H3,17,18,19). The number of rotatable bonds is 5. The fraction of sp³-hybridized carbons (Fsp3) is 0.500. The molecule has 2 rings (SSSR count). The summed E-state index contributed by atoms with van der Waals surface area (Å²) in [4.78, 5) is 4.33. The van der Waals surface area contributed by atoms with Gasteiger partial charge in [-0.1, -0.05) is 42.1 Å². The van der Waals surface area contributed by atoms with Crippen LogP contribution >= 0.6 is 23.2 Å². The molecule has 5 heteroatoms. The van der Waals surface area contributed by atoms with Crippen LogP contribution < -0.4 is 11.1 Å². The Labute approximate surface area is 124 Å². The Morgan fingerprint density at radius 2 is 2.21 bits per heavy atom. The van der Waals surface area contributed by atoms with Gasteiger partial charge in [-0.15, -0.1) is 0 Å². The van der Waals surface area contributed by atoms with Crippen molar-refractivity contribution in [1.82, 2.24) is 5.32 Å². The van der Waals surface area contributed by atoms with E-state index < -0.39 is 0 Å². The highest BCUT2D eigenvalue weighted by molar-refractivity contribution is 6.35. The van der Waals surface area contributed by atoms with Crippen LogP contribution in [-0.2, 0) is 0 Å². The molecule has 0 saturated heterocycles. The Morgan fingerprint density at radius 3 is 2.84 bits per heavy atom. The van der Waals surface area contributed by atoms with Crippen LogP contribution in [0, 0.1) is 5.92 Å². The molecule has 0 spiro atoms. The molecule has 0 aliphatic heterocycles. The summed E-state index contributed by atoms with van der Waals surface area (Å²) >= 11 is 12.0. The monoisotopic (exact) mass is 299 g/mol. The van der Waals surface area contributed by atoms with Gasteiger partial charge in [-0.25, -0.2) is 0 Å². The molecule has 0 heterocycles. The third-order valence-corrected chi connectivity index (χ3v) is 3.87. The molecule has 0 bridgehead atoms. The molecule has 1 aliphatic rings. The summed E-state index contributed by atoms with van der Waals surface area (Å²) in [6.07, 6.45) is 3.83. The Kier molecular flexibility index (Phi) is 4.94. The van der Waals surface area contributed by atoms with Gasteiger partial charge in [0.25, 0.3) is 0 Å². The molecule has 1 atom stereocenters. The number of halogens is 2. The maximum atomic E-state index is 6.16. The first-order valence-corrected chi connectivity index (χ1v) is 7.33. The van der Waals surface area contributed by atoms with Crippen molar-refractivity contribution in [3.05, 3.63) is 33.8 Å². The second-order valence-corrected chi connectivity index (χ2v) is 5.87. The zero-order chi connectivity index (χ0) is 13.8. The lowest BCUT2D eigenvalue weighted by molar-refractivity contribution is 0.695. The lowest BCUT2D eigenvalue weighted by Crippen LogP contribution is -2.34. The van der Waals surface area contributed by atoms with E-state index in [9.17, 15) is 0 Å². The molecule has 1 aliphatic carbocycles. The predicted molar refractivity (Wildman–Crippen MR) is 81.8 cm³/mol. The van der Waals surface area contributed by atoms with Crippen LogP contribution in [0.1, 0.15) is 37.8 Å². The van der Waals surface area contributed by atoms with Gasteiger partial charge in [0.1, 0.15) is 0 Å². The number of aliphatic imine (C=N–C) groups is 1. The smallest absolute Gasteiger partial charge is 0.189 e. The van der Waals surface area contributed by atoms with Crippen LogP contribution in [0.5, 0.6) is 0 Å². The van der Waals surface area contributed by atoms with Crippen molar-refractivity contribution in [2.75, 3.05) is 6.54 Å². The van der Waals surface area contributed by atoms with Crippen molar-refractivity contribution in [1.29, 1.82) is 0 Å². The van der Waals surface area contributed by atoms with Gasteiger partial charge in [-0.3, -0.25) is 4.99 Å². The van der Waals surface area contributed by atoms with Gasteiger partial charge in [0.05, 0.1) is 6.04 Å². The Morgan fingerprint density at radius 1 is 1.47 bits per heavy atom. The minimum atomic E-state index is 0.00874. The Balaban J connectivity index is 1.89. The molecular formula is C14H19Cl2N3. The van der Waals surface area contributed by atoms with E-state index in [2.05, 4.69) is 10.3 Å². The second-order valence-electron chi connectivity index (χ2n) is 5.03. The topological polar surface area (TPSA) is 50.4 Å². The highest BCUT2D eigenvalue weighted by Crippen LogP contribution is 2.32. The zero-order valence-electron chi connectivity index (χ0n) is 11.0. The van der Waals surface area contributed by atoms with Crippen LogP contribution in [0.15, 0.2) is 23.2 Å². The van der Waals surface area contributed by atoms with Gasteiger partial charge < -0.3 is 11.1 Å². The predicted octanol–water partition coefficient (Wildman–Crippen LogP) is 3.76. The van der Waals surface area contributed by atoms with Crippen molar-refractivity contribution in [3.63, 3.8) is 0 Å². The van der Waals surface area contributed by atoms with Crippen molar-refractivity contribution in [3.8, 4) is 0 Å². The normalized spacial score (nSPS) is 17.3. The molecule has 104 valence electrons. The first-order chi connectivity index (χ1) is 9.06. The van der Waals surface area contributed by atoms with Gasteiger partial charge >= 0.3 is 0 Å². The van der Waals surface area contributed by atoms with E-state index in [0.29, 0.717) is 16.0 Å². The minimum absolute atomic E-state index is 0.00874. The van der Waals surface area contributed by atoms with Crippen molar-refractivity contribution < 1.29 is 0 Å². The third-order valence-electron chi connectivity index (χ3n) is 3.31. The van der Waals surface area contributed by atoms with Crippen LogP contribution in [0.2, 0.25) is 10.0 Å². The summed E-state index contributed by atoms with van der Waals surface area (Å²) in [7, 11) is 0. The van der Waals surface area contributed by atoms with Crippen LogP contribution in [0.4, 0.5) is 0 Å². The van der Waals surface area contributed by atoms with E-state index in [4.69, 9.17) is 28.9 Å². The average Bonchev–Trinajstić information content (AvgIpc) is 3.12. The van der Waals surface area contributed by atoms with Gasteiger partial charge in [-0.2, -0.15) is 0 Å². The van der Waals surface area contributed by atoms with Crippen LogP contribution in [0.3, 0.4) is 0 Å². The van der Waals surface area contributed by atoms with E-state index >= 15 is 0 Å². The first kappa shape index (κ1) is 14.5. The summed E-state index contributed by atoms with van der Waals surface area (Å²) in [6, 6.07) is 5.47. The van der Waals surface area contributed by atoms with Crippen LogP contribution in [-0.4, -0.2) is 12.5 Å². The van der Waals surface area contributed by atoms with E-state index in [1.165, 1.54) is 12.8 Å². The number of benzene rings is 1. The van der Waals surface area contributed by atoms with E-state index in [0.717, 1.165) is 24.4 Å². The van der Waals surface area contributed by atoms with Crippen molar-refractivity contribution in [2.45, 2.75) is 32.2 Å². The number of nitrogens with one attached hydrogen (secondary N) is 1. The van der Waals surface area contributed by atoms with Gasteiger partial charge in [-0.05, 0) is 37.0 Å². The lowest BCUT2D eigenvalue weighted by atomic mass is 10.1. The maximum absolute atomic E-state index is 6.16. The fourth-order valence-corrected chi connectivity index (χ4v) is 2.54. The molecule has 1 aromatic rings. The molecule has 1 aromatic carbocycles. The molecular weight excluding hydrogens is 281 g/mol. The fourth-order valence-electron chi connectivity index (χ4n) is 1.97. The minimum Gasteiger partial charge on any atom is -0.370 e. The van der Waals surface area contributed by atoms with Gasteiger partial charge in [0.2, 0.25) is 0 Å². The summed E-state index contributed by atoms with van der Waals surface area (Å²) in [6.45, 7) is 2.79. The number of nitrogens with zero attached hydrogens (tertiary/aromatic N) is 1. The largest absolute Gasteiger partial charge is 0.370 e. The third kappa shape index (κ3) is 4.59. The highest BCUT2D eigenvalue weighted by atomic mass is 35.5. The van der Waals surface area contributed by atoms with E-state index in [1.54, 1.807) is 6.07 Å². The summed E-state index contributed by atoms with van der Waals surface area (Å²) in [5, 5.41) is 4.42. The zero-order valence-corrected chi connectivity index (χ0v) is 12.5. The van der Waals surface area contributed by atoms with Gasteiger partial charge in [0, 0.05) is 16.6 Å². The number of hydrogen-bond donors (Lipinski definition) is 2. The molecule has 0 aromatic heterocycles. The summed E-state index contributed by atoms with van der Waals surface area (Å²) in [5.41, 5.74) is 6.83. The molecule has 1 unspecified atom stereocenters. The SMILES string of the molecule is CC(NC(N)=NCCC1CC1)c1ccc(Cl)cc1Cl. The molecule has 1 saturated carbocycles. The molecule has 0 amide bonds. The maximum Gasteiger partial charge on any atom is 0.189 e. The highest BCUT2D eigenvalue weighted by Gasteiger charge is 2.20. The van der Waals surface area contributed by atoms with Gasteiger partial charge in [0.15, 0.2) is 5.96 Å². The summed E-state index contributed by atoms with van der Waals surface area (Å²) in [5.74, 6) is 1.35. The molecule has 0 radical (unpaired) electrons. The molecule has 3 nitrogen and oxygen atoms in total.